The van der Waals surface area contributed by atoms with Crippen LogP contribution in [0.15, 0.2) is 72.8 Å². The first-order valence-corrected chi connectivity index (χ1v) is 13.3. The topological polar surface area (TPSA) is 70.7 Å². The third-order valence-corrected chi connectivity index (χ3v) is 6.73. The Morgan fingerprint density at radius 1 is 0.919 bits per heavy atom. The molecule has 1 fully saturated rings. The van der Waals surface area contributed by atoms with Gasteiger partial charge in [-0.2, -0.15) is 0 Å². The molecule has 0 saturated carbocycles. The predicted molar refractivity (Wildman–Crippen MR) is 150 cm³/mol. The number of nitrogens with one attached hydrogen (secondary N) is 2. The minimum atomic E-state index is -0.227. The van der Waals surface area contributed by atoms with Crippen molar-refractivity contribution in [2.45, 2.75) is 52.0 Å². The van der Waals surface area contributed by atoms with Gasteiger partial charge in [0.1, 0.15) is 5.75 Å². The Balaban J connectivity index is 1.51. The summed E-state index contributed by atoms with van der Waals surface area (Å²) in [5.41, 5.74) is 3.64. The number of nitrogens with zero attached hydrogens (tertiary/aromatic N) is 1. The number of hydrogen-bond acceptors (Lipinski definition) is 4. The summed E-state index contributed by atoms with van der Waals surface area (Å²) in [5, 5.41) is 6.10. The van der Waals surface area contributed by atoms with E-state index in [0.717, 1.165) is 55.8 Å². The van der Waals surface area contributed by atoms with Crippen LogP contribution in [0.25, 0.3) is 0 Å². The van der Waals surface area contributed by atoms with Crippen LogP contribution >= 0.6 is 0 Å². The summed E-state index contributed by atoms with van der Waals surface area (Å²) in [6, 6.07) is 22.5. The molecule has 3 aromatic rings. The fraction of sp³-hybridized carbons (Fsp3) is 0.355. The highest BCUT2D eigenvalue weighted by atomic mass is 16.5. The number of ether oxygens (including phenoxy) is 1. The van der Waals surface area contributed by atoms with Crippen LogP contribution in [0.5, 0.6) is 5.75 Å². The number of hydrogen-bond donors (Lipinski definition) is 2. The molecule has 4 rings (SSSR count). The lowest BCUT2D eigenvalue weighted by molar-refractivity contribution is 0.0939. The van der Waals surface area contributed by atoms with Crippen LogP contribution in [0.3, 0.4) is 0 Å². The maximum Gasteiger partial charge on any atom is 0.255 e. The van der Waals surface area contributed by atoms with Gasteiger partial charge in [-0.25, -0.2) is 0 Å². The van der Waals surface area contributed by atoms with Gasteiger partial charge < -0.3 is 20.3 Å². The van der Waals surface area contributed by atoms with E-state index < -0.39 is 0 Å². The van der Waals surface area contributed by atoms with Crippen LogP contribution in [-0.4, -0.2) is 31.5 Å². The minimum absolute atomic E-state index is 0.140. The largest absolute Gasteiger partial charge is 0.494 e. The molecule has 0 radical (unpaired) electrons. The van der Waals surface area contributed by atoms with Crippen LogP contribution in [-0.2, 0) is 0 Å². The Kier molecular flexibility index (Phi) is 9.19. The number of rotatable bonds is 10. The quantitative estimate of drug-likeness (QED) is 0.308. The van der Waals surface area contributed by atoms with Crippen molar-refractivity contribution in [3.05, 3.63) is 89.5 Å². The molecule has 1 heterocycles. The summed E-state index contributed by atoms with van der Waals surface area (Å²) in [5.74, 6) is 0.374. The maximum atomic E-state index is 13.5. The van der Waals surface area contributed by atoms with Gasteiger partial charge in [0.05, 0.1) is 18.2 Å². The lowest BCUT2D eigenvalue weighted by Crippen LogP contribution is -2.33. The lowest BCUT2D eigenvalue weighted by Gasteiger charge is -2.31. The van der Waals surface area contributed by atoms with Gasteiger partial charge in [0, 0.05) is 30.0 Å². The van der Waals surface area contributed by atoms with Gasteiger partial charge in [0.2, 0.25) is 0 Å². The Hall–Kier alpha value is -3.80. The molecular weight excluding hydrogens is 462 g/mol. The zero-order valence-electron chi connectivity index (χ0n) is 21.8. The lowest BCUT2D eigenvalue weighted by atomic mass is 10.0. The number of unbranched alkanes of at least 4 members (excludes halogenated alkanes) is 1. The average molecular weight is 500 g/mol. The first kappa shape index (κ1) is 26.3. The van der Waals surface area contributed by atoms with Crippen LogP contribution in [0, 0.1) is 0 Å². The van der Waals surface area contributed by atoms with E-state index in [2.05, 4.69) is 22.5 Å². The predicted octanol–water partition coefficient (Wildman–Crippen LogP) is 6.60. The van der Waals surface area contributed by atoms with Crippen molar-refractivity contribution in [3.8, 4) is 5.75 Å². The SMILES string of the molecule is CCCCOc1ccc(C(=O)Nc2ccc(N3CCCCC3)c(C(=O)NC(C)c3ccccc3)c2)cc1. The van der Waals surface area contributed by atoms with Gasteiger partial charge in [0.25, 0.3) is 11.8 Å². The van der Waals surface area contributed by atoms with Crippen LogP contribution in [0.1, 0.15) is 78.3 Å². The van der Waals surface area contributed by atoms with E-state index in [1.165, 1.54) is 6.42 Å². The summed E-state index contributed by atoms with van der Waals surface area (Å²) in [7, 11) is 0. The molecule has 6 nitrogen and oxygen atoms in total. The van der Waals surface area contributed by atoms with E-state index in [9.17, 15) is 9.59 Å². The summed E-state index contributed by atoms with van der Waals surface area (Å²) in [6.45, 7) is 6.61. The first-order valence-electron chi connectivity index (χ1n) is 13.3. The van der Waals surface area contributed by atoms with Crippen molar-refractivity contribution in [2.75, 3.05) is 29.9 Å². The smallest absolute Gasteiger partial charge is 0.255 e. The average Bonchev–Trinajstić information content (AvgIpc) is 2.94. The van der Waals surface area contributed by atoms with Crippen molar-refractivity contribution in [2.24, 2.45) is 0 Å². The molecule has 1 atom stereocenters. The van der Waals surface area contributed by atoms with Gasteiger partial charge in [-0.1, -0.05) is 43.7 Å². The standard InChI is InChI=1S/C31H37N3O3/c1-3-4-21-37-27-16-13-25(14-17-27)30(35)33-26-15-18-29(34-19-9-6-10-20-34)28(22-26)31(36)32-23(2)24-11-7-5-8-12-24/h5,7-8,11-18,22-23H,3-4,6,9-10,19-21H2,1-2H3,(H,32,36)(H,33,35). The van der Waals surface area contributed by atoms with Crippen LogP contribution in [0.4, 0.5) is 11.4 Å². The molecule has 194 valence electrons. The number of benzene rings is 3. The molecular formula is C31H37N3O3. The number of carbonyl (C=O) groups is 2. The second-order valence-corrected chi connectivity index (χ2v) is 9.57. The van der Waals surface area contributed by atoms with E-state index in [1.54, 1.807) is 18.2 Å². The first-order chi connectivity index (χ1) is 18.0. The Morgan fingerprint density at radius 2 is 1.65 bits per heavy atom. The minimum Gasteiger partial charge on any atom is -0.494 e. The van der Waals surface area contributed by atoms with Gasteiger partial charge in [0.15, 0.2) is 0 Å². The van der Waals surface area contributed by atoms with Crippen molar-refractivity contribution in [1.82, 2.24) is 5.32 Å². The second kappa shape index (κ2) is 12.9. The summed E-state index contributed by atoms with van der Waals surface area (Å²) >= 11 is 0. The molecule has 37 heavy (non-hydrogen) atoms. The molecule has 6 heteroatoms. The molecule has 1 unspecified atom stereocenters. The fourth-order valence-electron chi connectivity index (χ4n) is 4.55. The van der Waals surface area contributed by atoms with Crippen molar-refractivity contribution >= 4 is 23.2 Å². The Labute approximate surface area is 220 Å². The number of amides is 2. The molecule has 1 aliphatic rings. The highest BCUT2D eigenvalue weighted by Gasteiger charge is 2.21. The van der Waals surface area contributed by atoms with Crippen LogP contribution < -0.4 is 20.3 Å². The van der Waals surface area contributed by atoms with E-state index in [0.29, 0.717) is 23.4 Å². The van der Waals surface area contributed by atoms with Gasteiger partial charge in [-0.05, 0) is 80.6 Å². The third-order valence-electron chi connectivity index (χ3n) is 6.73. The van der Waals surface area contributed by atoms with Crippen LogP contribution in [0.2, 0.25) is 0 Å². The number of anilines is 2. The Bertz CT molecular complexity index is 1170. The second-order valence-electron chi connectivity index (χ2n) is 9.57. The van der Waals surface area contributed by atoms with E-state index >= 15 is 0 Å². The fourth-order valence-corrected chi connectivity index (χ4v) is 4.55. The van der Waals surface area contributed by atoms with Gasteiger partial charge >= 0.3 is 0 Å². The molecule has 2 amide bonds. The highest BCUT2D eigenvalue weighted by Crippen LogP contribution is 2.28. The zero-order chi connectivity index (χ0) is 26.0. The molecule has 0 aromatic heterocycles. The summed E-state index contributed by atoms with van der Waals surface area (Å²) in [4.78, 5) is 28.7. The summed E-state index contributed by atoms with van der Waals surface area (Å²) < 4.78 is 5.70. The normalized spacial score (nSPS) is 14.1. The molecule has 0 spiro atoms. The van der Waals surface area contributed by atoms with Gasteiger partial charge in [-0.3, -0.25) is 9.59 Å². The highest BCUT2D eigenvalue weighted by molar-refractivity contribution is 6.06. The zero-order valence-corrected chi connectivity index (χ0v) is 21.8. The molecule has 1 saturated heterocycles. The monoisotopic (exact) mass is 499 g/mol. The van der Waals surface area contributed by atoms with Crippen molar-refractivity contribution in [3.63, 3.8) is 0 Å². The van der Waals surface area contributed by atoms with Crippen molar-refractivity contribution in [1.29, 1.82) is 0 Å². The van der Waals surface area contributed by atoms with E-state index in [4.69, 9.17) is 4.74 Å². The van der Waals surface area contributed by atoms with E-state index in [1.807, 2.05) is 61.5 Å². The molecule has 1 aliphatic heterocycles. The molecule has 0 bridgehead atoms. The Morgan fingerprint density at radius 3 is 2.35 bits per heavy atom. The van der Waals surface area contributed by atoms with Gasteiger partial charge in [-0.15, -0.1) is 0 Å². The van der Waals surface area contributed by atoms with E-state index in [-0.39, 0.29) is 17.9 Å². The van der Waals surface area contributed by atoms with Crippen molar-refractivity contribution < 1.29 is 14.3 Å². The number of piperidine rings is 1. The summed E-state index contributed by atoms with van der Waals surface area (Å²) in [6.07, 6.45) is 5.49. The maximum absolute atomic E-state index is 13.5. The molecule has 2 N–H and O–H groups in total. The third kappa shape index (κ3) is 7.13. The molecule has 0 aliphatic carbocycles. The number of carbonyl (C=O) groups excluding carboxylic acids is 2. The molecule has 3 aromatic carbocycles.